The molecule has 6 nitrogen and oxygen atoms in total. The Morgan fingerprint density at radius 3 is 2.90 bits per heavy atom. The number of amides is 2. The predicted octanol–water partition coefficient (Wildman–Crippen LogP) is 3.14. The van der Waals surface area contributed by atoms with E-state index in [2.05, 4.69) is 20.7 Å². The zero-order valence-corrected chi connectivity index (χ0v) is 13.0. The van der Waals surface area contributed by atoms with Gasteiger partial charge in [0.15, 0.2) is 0 Å². The van der Waals surface area contributed by atoms with Gasteiger partial charge >= 0.3 is 6.03 Å². The summed E-state index contributed by atoms with van der Waals surface area (Å²) in [6, 6.07) is 4.80. The molecule has 1 aromatic heterocycles. The fraction of sp³-hybridized carbons (Fsp3) is 0.357. The van der Waals surface area contributed by atoms with Crippen LogP contribution in [0.25, 0.3) is 0 Å². The Morgan fingerprint density at radius 2 is 2.24 bits per heavy atom. The molecule has 0 bridgehead atoms. The zero-order chi connectivity index (χ0) is 15.4. The van der Waals surface area contributed by atoms with Crippen molar-refractivity contribution in [3.8, 4) is 0 Å². The van der Waals surface area contributed by atoms with E-state index in [4.69, 9.17) is 11.6 Å². The van der Waals surface area contributed by atoms with E-state index in [-0.39, 0.29) is 12.1 Å². The van der Waals surface area contributed by atoms with Crippen molar-refractivity contribution >= 4 is 23.3 Å². The van der Waals surface area contributed by atoms with Gasteiger partial charge in [-0.3, -0.25) is 0 Å². The molecule has 0 fully saturated rings. The number of urea groups is 1. The van der Waals surface area contributed by atoms with Gasteiger partial charge in [0.05, 0.1) is 6.04 Å². The van der Waals surface area contributed by atoms with Gasteiger partial charge in [0.1, 0.15) is 12.2 Å². The molecule has 2 N–H and O–H groups in total. The summed E-state index contributed by atoms with van der Waals surface area (Å²) in [6.45, 7) is 6.43. The number of aromatic nitrogens is 3. The van der Waals surface area contributed by atoms with Crippen LogP contribution in [0.3, 0.4) is 0 Å². The van der Waals surface area contributed by atoms with Crippen LogP contribution in [0.15, 0.2) is 24.5 Å². The SMILES string of the molecule is CCn1ncnc1C(C)NC(=O)Nc1ccc(Cl)c(C)c1. The summed E-state index contributed by atoms with van der Waals surface area (Å²) in [4.78, 5) is 16.2. The highest BCUT2D eigenvalue weighted by molar-refractivity contribution is 6.31. The second-order valence-electron chi connectivity index (χ2n) is 4.72. The third-order valence-corrected chi connectivity index (χ3v) is 3.52. The quantitative estimate of drug-likeness (QED) is 0.911. The average Bonchev–Trinajstić information content (AvgIpc) is 2.91. The Hall–Kier alpha value is -2.08. The number of nitrogens with zero attached hydrogens (tertiary/aromatic N) is 3. The van der Waals surface area contributed by atoms with E-state index < -0.39 is 0 Å². The lowest BCUT2D eigenvalue weighted by Gasteiger charge is -2.15. The van der Waals surface area contributed by atoms with Gasteiger partial charge in [-0.25, -0.2) is 14.5 Å². The Balaban J connectivity index is 1.99. The molecule has 112 valence electrons. The highest BCUT2D eigenvalue weighted by atomic mass is 35.5. The summed E-state index contributed by atoms with van der Waals surface area (Å²) < 4.78 is 1.75. The van der Waals surface area contributed by atoms with Gasteiger partial charge in [0, 0.05) is 17.3 Å². The van der Waals surface area contributed by atoms with E-state index in [9.17, 15) is 4.79 Å². The summed E-state index contributed by atoms with van der Waals surface area (Å²) in [7, 11) is 0. The first-order valence-electron chi connectivity index (χ1n) is 6.72. The molecule has 1 heterocycles. The normalized spacial score (nSPS) is 12.0. The number of aryl methyl sites for hydroxylation is 2. The topological polar surface area (TPSA) is 71.8 Å². The van der Waals surface area contributed by atoms with Gasteiger partial charge in [0.2, 0.25) is 0 Å². The fourth-order valence-electron chi connectivity index (χ4n) is 2.00. The lowest BCUT2D eigenvalue weighted by atomic mass is 10.2. The van der Waals surface area contributed by atoms with E-state index in [0.29, 0.717) is 17.3 Å². The van der Waals surface area contributed by atoms with Crippen LogP contribution in [0.1, 0.15) is 31.3 Å². The van der Waals surface area contributed by atoms with Crippen LogP contribution in [0.2, 0.25) is 5.02 Å². The Labute approximate surface area is 128 Å². The number of halogens is 1. The molecule has 7 heteroatoms. The number of nitrogens with one attached hydrogen (secondary N) is 2. The van der Waals surface area contributed by atoms with E-state index in [0.717, 1.165) is 11.4 Å². The molecule has 2 rings (SSSR count). The third-order valence-electron chi connectivity index (χ3n) is 3.10. The minimum atomic E-state index is -0.296. The van der Waals surface area contributed by atoms with Crippen molar-refractivity contribution in [1.82, 2.24) is 20.1 Å². The van der Waals surface area contributed by atoms with Crippen LogP contribution < -0.4 is 10.6 Å². The van der Waals surface area contributed by atoms with Crippen molar-refractivity contribution in [3.05, 3.63) is 40.9 Å². The van der Waals surface area contributed by atoms with Gasteiger partial charge in [-0.1, -0.05) is 11.6 Å². The first kappa shape index (κ1) is 15.3. The molecule has 0 aliphatic rings. The van der Waals surface area contributed by atoms with E-state index in [1.54, 1.807) is 16.8 Å². The van der Waals surface area contributed by atoms with Crippen LogP contribution in [0.4, 0.5) is 10.5 Å². The first-order chi connectivity index (χ1) is 10.0. The molecule has 1 unspecified atom stereocenters. The molecule has 1 aromatic carbocycles. The average molecular weight is 308 g/mol. The van der Waals surface area contributed by atoms with Crippen LogP contribution in [0, 0.1) is 6.92 Å². The number of carbonyl (C=O) groups excluding carboxylic acids is 1. The summed E-state index contributed by atoms with van der Waals surface area (Å²) >= 11 is 5.96. The van der Waals surface area contributed by atoms with Crippen LogP contribution in [-0.4, -0.2) is 20.8 Å². The minimum Gasteiger partial charge on any atom is -0.328 e. The molecule has 0 aliphatic carbocycles. The maximum atomic E-state index is 12.0. The molecule has 2 aromatic rings. The minimum absolute atomic E-state index is 0.235. The molecule has 21 heavy (non-hydrogen) atoms. The molecular weight excluding hydrogens is 290 g/mol. The maximum Gasteiger partial charge on any atom is 0.319 e. The molecule has 0 radical (unpaired) electrons. The number of carbonyl (C=O) groups is 1. The Bertz CT molecular complexity index is 640. The molecule has 1 atom stereocenters. The standard InChI is InChI=1S/C14H18ClN5O/c1-4-20-13(16-8-17-20)10(3)18-14(21)19-11-5-6-12(15)9(2)7-11/h5-8,10H,4H2,1-3H3,(H2,18,19,21). The summed E-state index contributed by atoms with van der Waals surface area (Å²) in [5, 5.41) is 10.4. The van der Waals surface area contributed by atoms with Gasteiger partial charge < -0.3 is 10.6 Å². The second-order valence-corrected chi connectivity index (χ2v) is 5.13. The lowest BCUT2D eigenvalue weighted by Crippen LogP contribution is -2.32. The maximum absolute atomic E-state index is 12.0. The molecule has 2 amide bonds. The molecule has 0 spiro atoms. The van der Waals surface area contributed by atoms with E-state index in [1.165, 1.54) is 6.33 Å². The van der Waals surface area contributed by atoms with Crippen LogP contribution in [0.5, 0.6) is 0 Å². The number of hydrogen-bond acceptors (Lipinski definition) is 3. The molecule has 0 saturated heterocycles. The van der Waals surface area contributed by atoms with Gasteiger partial charge in [0.25, 0.3) is 0 Å². The monoisotopic (exact) mass is 307 g/mol. The second kappa shape index (κ2) is 6.58. The fourth-order valence-corrected chi connectivity index (χ4v) is 2.12. The Morgan fingerprint density at radius 1 is 1.48 bits per heavy atom. The first-order valence-corrected chi connectivity index (χ1v) is 7.10. The van der Waals surface area contributed by atoms with Gasteiger partial charge in [-0.2, -0.15) is 5.10 Å². The van der Waals surface area contributed by atoms with Crippen molar-refractivity contribution in [2.24, 2.45) is 0 Å². The molecule has 0 saturated carbocycles. The highest BCUT2D eigenvalue weighted by Gasteiger charge is 2.15. The summed E-state index contributed by atoms with van der Waals surface area (Å²) in [5.74, 6) is 0.722. The van der Waals surface area contributed by atoms with Crippen molar-refractivity contribution in [3.63, 3.8) is 0 Å². The lowest BCUT2D eigenvalue weighted by molar-refractivity contribution is 0.248. The van der Waals surface area contributed by atoms with Crippen molar-refractivity contribution in [1.29, 1.82) is 0 Å². The Kier molecular flexibility index (Phi) is 4.80. The number of hydrogen-bond donors (Lipinski definition) is 2. The number of rotatable bonds is 4. The predicted molar refractivity (Wildman–Crippen MR) is 82.5 cm³/mol. The van der Waals surface area contributed by atoms with Crippen molar-refractivity contribution in [2.45, 2.75) is 33.4 Å². The van der Waals surface area contributed by atoms with Crippen LogP contribution >= 0.6 is 11.6 Å². The van der Waals surface area contributed by atoms with Crippen molar-refractivity contribution < 1.29 is 4.79 Å². The zero-order valence-electron chi connectivity index (χ0n) is 12.2. The molecule has 0 aliphatic heterocycles. The smallest absolute Gasteiger partial charge is 0.319 e. The van der Waals surface area contributed by atoms with E-state index >= 15 is 0 Å². The number of anilines is 1. The van der Waals surface area contributed by atoms with Gasteiger partial charge in [-0.15, -0.1) is 0 Å². The van der Waals surface area contributed by atoms with Crippen LogP contribution in [-0.2, 0) is 6.54 Å². The number of benzene rings is 1. The molecular formula is C14H18ClN5O. The van der Waals surface area contributed by atoms with Crippen molar-refractivity contribution in [2.75, 3.05) is 5.32 Å². The third kappa shape index (κ3) is 3.72. The van der Waals surface area contributed by atoms with E-state index in [1.807, 2.05) is 26.8 Å². The largest absolute Gasteiger partial charge is 0.328 e. The summed E-state index contributed by atoms with van der Waals surface area (Å²) in [5.41, 5.74) is 1.60. The highest BCUT2D eigenvalue weighted by Crippen LogP contribution is 2.19. The summed E-state index contributed by atoms with van der Waals surface area (Å²) in [6.07, 6.45) is 1.48. The van der Waals surface area contributed by atoms with Gasteiger partial charge in [-0.05, 0) is 44.5 Å².